The van der Waals surface area contributed by atoms with Crippen LogP contribution < -0.4 is 5.32 Å². The van der Waals surface area contributed by atoms with E-state index in [1.165, 1.54) is 0 Å². The Labute approximate surface area is 85.4 Å². The molecule has 0 saturated carbocycles. The van der Waals surface area contributed by atoms with Crippen molar-refractivity contribution in [1.82, 2.24) is 10.2 Å². The Morgan fingerprint density at radius 1 is 1.60 bits per heavy atom. The van der Waals surface area contributed by atoms with Crippen LogP contribution in [-0.2, 0) is 9.53 Å². The van der Waals surface area contributed by atoms with E-state index in [0.717, 1.165) is 7.05 Å². The SMILES string of the molecule is CN(CC1CNCCO1)C(=O)C(F)(F)F. The second-order valence-electron chi connectivity index (χ2n) is 3.38. The van der Waals surface area contributed by atoms with Crippen LogP contribution in [0.15, 0.2) is 0 Å². The van der Waals surface area contributed by atoms with E-state index in [-0.39, 0.29) is 12.6 Å². The third-order valence-corrected chi connectivity index (χ3v) is 2.07. The molecule has 88 valence electrons. The third kappa shape index (κ3) is 3.67. The molecular formula is C8H13F3N2O2. The van der Waals surface area contributed by atoms with Gasteiger partial charge in [-0.2, -0.15) is 13.2 Å². The van der Waals surface area contributed by atoms with Crippen molar-refractivity contribution in [2.75, 3.05) is 33.3 Å². The summed E-state index contributed by atoms with van der Waals surface area (Å²) in [7, 11) is 1.12. The van der Waals surface area contributed by atoms with Crippen LogP contribution in [0, 0.1) is 0 Å². The van der Waals surface area contributed by atoms with E-state index in [1.807, 2.05) is 0 Å². The van der Waals surface area contributed by atoms with Gasteiger partial charge in [0.25, 0.3) is 0 Å². The van der Waals surface area contributed by atoms with Gasteiger partial charge in [0, 0.05) is 26.7 Å². The average Bonchev–Trinajstić information content (AvgIpc) is 2.16. The molecule has 0 bridgehead atoms. The zero-order valence-electron chi connectivity index (χ0n) is 8.30. The minimum absolute atomic E-state index is 0.0503. The second kappa shape index (κ2) is 4.80. The quantitative estimate of drug-likeness (QED) is 0.720. The summed E-state index contributed by atoms with van der Waals surface area (Å²) in [6.45, 7) is 1.56. The molecule has 1 rings (SSSR count). The summed E-state index contributed by atoms with van der Waals surface area (Å²) in [6.07, 6.45) is -5.17. The van der Waals surface area contributed by atoms with E-state index in [1.54, 1.807) is 0 Å². The topological polar surface area (TPSA) is 41.6 Å². The maximum absolute atomic E-state index is 12.0. The monoisotopic (exact) mass is 226 g/mol. The highest BCUT2D eigenvalue weighted by atomic mass is 19.4. The van der Waals surface area contributed by atoms with Gasteiger partial charge in [0.15, 0.2) is 0 Å². The summed E-state index contributed by atoms with van der Waals surface area (Å²) in [4.78, 5) is 11.4. The van der Waals surface area contributed by atoms with Gasteiger partial charge in [-0.15, -0.1) is 0 Å². The van der Waals surface area contributed by atoms with E-state index in [2.05, 4.69) is 5.32 Å². The number of ether oxygens (including phenoxy) is 1. The summed E-state index contributed by atoms with van der Waals surface area (Å²) in [5, 5.41) is 2.97. The molecule has 1 atom stereocenters. The summed E-state index contributed by atoms with van der Waals surface area (Å²) >= 11 is 0. The first-order valence-electron chi connectivity index (χ1n) is 4.56. The van der Waals surface area contributed by atoms with Gasteiger partial charge in [-0.05, 0) is 0 Å². The lowest BCUT2D eigenvalue weighted by Gasteiger charge is -2.28. The summed E-state index contributed by atoms with van der Waals surface area (Å²) in [5.74, 6) is -1.84. The zero-order chi connectivity index (χ0) is 11.5. The molecule has 7 heteroatoms. The largest absolute Gasteiger partial charge is 0.471 e. The van der Waals surface area contributed by atoms with Gasteiger partial charge in [0.05, 0.1) is 12.7 Å². The zero-order valence-corrected chi connectivity index (χ0v) is 8.30. The van der Waals surface area contributed by atoms with Gasteiger partial charge >= 0.3 is 12.1 Å². The molecule has 0 aliphatic carbocycles. The molecule has 1 aliphatic rings. The number of nitrogens with zero attached hydrogens (tertiary/aromatic N) is 1. The number of morpholine rings is 1. The molecule has 1 unspecified atom stereocenters. The highest BCUT2D eigenvalue weighted by molar-refractivity contribution is 5.81. The fourth-order valence-electron chi connectivity index (χ4n) is 1.34. The highest BCUT2D eigenvalue weighted by Gasteiger charge is 2.41. The molecule has 15 heavy (non-hydrogen) atoms. The lowest BCUT2D eigenvalue weighted by molar-refractivity contribution is -0.185. The van der Waals surface area contributed by atoms with Gasteiger partial charge in [-0.1, -0.05) is 0 Å². The van der Waals surface area contributed by atoms with E-state index in [0.29, 0.717) is 24.6 Å². The van der Waals surface area contributed by atoms with Crippen LogP contribution >= 0.6 is 0 Å². The number of carbonyl (C=O) groups excluding carboxylic acids is 1. The van der Waals surface area contributed by atoms with E-state index < -0.39 is 12.1 Å². The molecule has 1 amide bonds. The van der Waals surface area contributed by atoms with Gasteiger partial charge in [-0.25, -0.2) is 0 Å². The summed E-state index contributed by atoms with van der Waals surface area (Å²) < 4.78 is 41.2. The molecular weight excluding hydrogens is 213 g/mol. The van der Waals surface area contributed by atoms with Crippen molar-refractivity contribution in [2.45, 2.75) is 12.3 Å². The Morgan fingerprint density at radius 2 is 2.27 bits per heavy atom. The van der Waals surface area contributed by atoms with Crippen LogP contribution in [0.3, 0.4) is 0 Å². The van der Waals surface area contributed by atoms with Crippen molar-refractivity contribution < 1.29 is 22.7 Å². The van der Waals surface area contributed by atoms with Crippen molar-refractivity contribution >= 4 is 5.91 Å². The standard InChI is InChI=1S/C8H13F3N2O2/c1-13(7(14)8(9,10)11)5-6-4-12-2-3-15-6/h6,12H,2-5H2,1H3. The fourth-order valence-corrected chi connectivity index (χ4v) is 1.34. The molecule has 0 radical (unpaired) electrons. The molecule has 0 spiro atoms. The highest BCUT2D eigenvalue weighted by Crippen LogP contribution is 2.17. The Hall–Kier alpha value is -0.820. The van der Waals surface area contributed by atoms with E-state index >= 15 is 0 Å². The maximum Gasteiger partial charge on any atom is 0.471 e. The first-order valence-corrected chi connectivity index (χ1v) is 4.56. The summed E-state index contributed by atoms with van der Waals surface area (Å²) in [5.41, 5.74) is 0. The van der Waals surface area contributed by atoms with Crippen LogP contribution in [-0.4, -0.2) is 56.4 Å². The number of carbonyl (C=O) groups is 1. The number of hydrogen-bond donors (Lipinski definition) is 1. The lowest BCUT2D eigenvalue weighted by atomic mass is 10.3. The Morgan fingerprint density at radius 3 is 2.73 bits per heavy atom. The Kier molecular flexibility index (Phi) is 3.92. The smallest absolute Gasteiger partial charge is 0.374 e. The van der Waals surface area contributed by atoms with Crippen LogP contribution in [0.25, 0.3) is 0 Å². The van der Waals surface area contributed by atoms with Crippen molar-refractivity contribution in [3.63, 3.8) is 0 Å². The molecule has 0 aromatic carbocycles. The van der Waals surface area contributed by atoms with Crippen molar-refractivity contribution in [3.8, 4) is 0 Å². The molecule has 0 aromatic rings. The van der Waals surface area contributed by atoms with Crippen molar-refractivity contribution in [1.29, 1.82) is 0 Å². The average molecular weight is 226 g/mol. The van der Waals surface area contributed by atoms with Gasteiger partial charge in [0.1, 0.15) is 0 Å². The minimum Gasteiger partial charge on any atom is -0.374 e. The predicted octanol–water partition coefficient (Wildman–Crippen LogP) is -0.00450. The van der Waals surface area contributed by atoms with Crippen molar-refractivity contribution in [3.05, 3.63) is 0 Å². The third-order valence-electron chi connectivity index (χ3n) is 2.07. The number of halogens is 3. The minimum atomic E-state index is -4.81. The Bertz CT molecular complexity index is 226. The molecule has 4 nitrogen and oxygen atoms in total. The first-order chi connectivity index (χ1) is 6.91. The normalized spacial score (nSPS) is 22.5. The lowest BCUT2D eigenvalue weighted by Crippen LogP contribution is -2.48. The number of hydrogen-bond acceptors (Lipinski definition) is 3. The maximum atomic E-state index is 12.0. The van der Waals surface area contributed by atoms with Crippen LogP contribution in [0.4, 0.5) is 13.2 Å². The van der Waals surface area contributed by atoms with Crippen LogP contribution in [0.5, 0.6) is 0 Å². The Balaban J connectivity index is 2.40. The molecule has 1 heterocycles. The van der Waals surface area contributed by atoms with Crippen molar-refractivity contribution in [2.24, 2.45) is 0 Å². The fraction of sp³-hybridized carbons (Fsp3) is 0.875. The number of alkyl halides is 3. The van der Waals surface area contributed by atoms with Gasteiger partial charge in [-0.3, -0.25) is 4.79 Å². The molecule has 1 N–H and O–H groups in total. The van der Waals surface area contributed by atoms with Crippen LogP contribution in [0.2, 0.25) is 0 Å². The van der Waals surface area contributed by atoms with Crippen LogP contribution in [0.1, 0.15) is 0 Å². The summed E-state index contributed by atoms with van der Waals surface area (Å²) in [6, 6.07) is 0. The van der Waals surface area contributed by atoms with Gasteiger partial charge in [0.2, 0.25) is 0 Å². The second-order valence-corrected chi connectivity index (χ2v) is 3.38. The van der Waals surface area contributed by atoms with E-state index in [4.69, 9.17) is 4.74 Å². The first kappa shape index (κ1) is 12.3. The molecule has 1 aliphatic heterocycles. The number of nitrogens with one attached hydrogen (secondary N) is 1. The molecule has 1 saturated heterocycles. The number of rotatable bonds is 2. The van der Waals surface area contributed by atoms with E-state index in [9.17, 15) is 18.0 Å². The molecule has 1 fully saturated rings. The number of amides is 1. The van der Waals surface area contributed by atoms with Gasteiger partial charge < -0.3 is 15.0 Å². The molecule has 0 aromatic heterocycles. The predicted molar refractivity (Wildman–Crippen MR) is 46.3 cm³/mol. The number of likely N-dealkylation sites (N-methyl/N-ethyl adjacent to an activating group) is 1.